The lowest BCUT2D eigenvalue weighted by Crippen LogP contribution is -2.44. The number of halogens is 1. The Kier molecular flexibility index (Phi) is 5.16. The van der Waals surface area contributed by atoms with Crippen LogP contribution in [0.5, 0.6) is 0 Å². The van der Waals surface area contributed by atoms with E-state index in [0.717, 1.165) is 0 Å². The van der Waals surface area contributed by atoms with Crippen molar-refractivity contribution in [2.24, 2.45) is 5.73 Å². The van der Waals surface area contributed by atoms with Crippen LogP contribution >= 0.6 is 11.6 Å². The Morgan fingerprint density at radius 1 is 1.36 bits per heavy atom. The first-order chi connectivity index (χ1) is 13.1. The number of fused-ring (bicyclic) bond motifs is 1. The maximum Gasteiger partial charge on any atom is 0.410 e. The fraction of sp³-hybridized carbons (Fsp3) is 0.368. The summed E-state index contributed by atoms with van der Waals surface area (Å²) in [7, 11) is 0. The third-order valence-electron chi connectivity index (χ3n) is 4.23. The molecule has 148 valence electrons. The largest absolute Gasteiger partial charge is 0.444 e. The van der Waals surface area contributed by atoms with Gasteiger partial charge in [-0.1, -0.05) is 23.7 Å². The monoisotopic (exact) mass is 404 g/mol. The Hall–Kier alpha value is -2.87. The Bertz CT molecular complexity index is 948. The van der Waals surface area contributed by atoms with Gasteiger partial charge in [-0.25, -0.2) is 4.79 Å². The molecular formula is C19H21ClN4O4. The lowest BCUT2D eigenvalue weighted by atomic mass is 10.0. The van der Waals surface area contributed by atoms with Crippen LogP contribution in [0.4, 0.5) is 4.79 Å². The number of amides is 2. The van der Waals surface area contributed by atoms with Crippen LogP contribution in [0.2, 0.25) is 5.02 Å². The molecule has 9 heteroatoms. The van der Waals surface area contributed by atoms with E-state index in [1.54, 1.807) is 45.0 Å². The van der Waals surface area contributed by atoms with Gasteiger partial charge in [-0.15, -0.1) is 0 Å². The summed E-state index contributed by atoms with van der Waals surface area (Å²) in [4.78, 5) is 37.8. The third-order valence-corrected chi connectivity index (χ3v) is 4.46. The maximum absolute atomic E-state index is 12.5. The molecule has 1 atom stereocenters. The summed E-state index contributed by atoms with van der Waals surface area (Å²) in [5.41, 5.74) is 6.39. The first-order valence-electron chi connectivity index (χ1n) is 8.71. The molecule has 1 aliphatic heterocycles. The summed E-state index contributed by atoms with van der Waals surface area (Å²) >= 11 is 6.06. The van der Waals surface area contributed by atoms with Crippen LogP contribution in [0.25, 0.3) is 11.3 Å². The molecule has 0 saturated carbocycles. The number of ether oxygens (including phenoxy) is 1. The van der Waals surface area contributed by atoms with Crippen LogP contribution in [-0.4, -0.2) is 45.1 Å². The van der Waals surface area contributed by atoms with Gasteiger partial charge in [0.25, 0.3) is 5.91 Å². The van der Waals surface area contributed by atoms with Crippen LogP contribution in [0.3, 0.4) is 0 Å². The number of rotatable bonds is 3. The molecule has 1 aliphatic rings. The second kappa shape index (κ2) is 7.27. The third kappa shape index (κ3) is 3.87. The Morgan fingerprint density at radius 3 is 2.64 bits per heavy atom. The summed E-state index contributed by atoms with van der Waals surface area (Å²) in [6.07, 6.45) is 0.103. The minimum Gasteiger partial charge on any atom is -0.444 e. The van der Waals surface area contributed by atoms with Gasteiger partial charge in [-0.2, -0.15) is 5.10 Å². The van der Waals surface area contributed by atoms with Crippen LogP contribution in [-0.2, 0) is 16.1 Å². The number of aromatic nitrogens is 2. The quantitative estimate of drug-likeness (QED) is 0.791. The van der Waals surface area contributed by atoms with E-state index in [9.17, 15) is 14.4 Å². The molecule has 8 nitrogen and oxygen atoms in total. The summed E-state index contributed by atoms with van der Waals surface area (Å²) in [6, 6.07) is 6.06. The Labute approximate surface area is 167 Å². The molecule has 2 N–H and O–H groups in total. The first-order valence-corrected chi connectivity index (χ1v) is 9.09. The van der Waals surface area contributed by atoms with Gasteiger partial charge < -0.3 is 15.3 Å². The van der Waals surface area contributed by atoms with E-state index in [0.29, 0.717) is 28.3 Å². The van der Waals surface area contributed by atoms with E-state index in [1.165, 1.54) is 9.58 Å². The molecule has 1 unspecified atom stereocenters. The van der Waals surface area contributed by atoms with Crippen molar-refractivity contribution in [3.8, 4) is 11.3 Å². The van der Waals surface area contributed by atoms with E-state index >= 15 is 0 Å². The average Bonchev–Trinajstić information content (AvgIpc) is 2.99. The molecule has 0 spiro atoms. The fourth-order valence-electron chi connectivity index (χ4n) is 3.11. The highest BCUT2D eigenvalue weighted by molar-refractivity contribution is 6.30. The Balaban J connectivity index is 2.09. The van der Waals surface area contributed by atoms with Crippen LogP contribution < -0.4 is 5.73 Å². The predicted molar refractivity (Wildman–Crippen MR) is 103 cm³/mol. The number of nitrogens with zero attached hydrogens (tertiary/aromatic N) is 3. The van der Waals surface area contributed by atoms with E-state index < -0.39 is 23.6 Å². The number of hydrogen-bond acceptors (Lipinski definition) is 5. The van der Waals surface area contributed by atoms with Gasteiger partial charge in [0.1, 0.15) is 23.6 Å². The molecule has 0 fully saturated rings. The molecule has 3 rings (SSSR count). The number of nitrogens with two attached hydrogens (primary N) is 1. The van der Waals surface area contributed by atoms with E-state index in [-0.39, 0.29) is 18.7 Å². The van der Waals surface area contributed by atoms with Crippen molar-refractivity contribution in [2.75, 3.05) is 6.54 Å². The number of primary amides is 1. The number of aldehydes is 1. The molecule has 0 saturated heterocycles. The Morgan fingerprint density at radius 2 is 2.07 bits per heavy atom. The summed E-state index contributed by atoms with van der Waals surface area (Å²) in [5, 5.41) is 4.92. The summed E-state index contributed by atoms with van der Waals surface area (Å²) < 4.78 is 6.85. The van der Waals surface area contributed by atoms with Gasteiger partial charge in [-0.3, -0.25) is 14.4 Å². The van der Waals surface area contributed by atoms with E-state index in [1.807, 2.05) is 0 Å². The predicted octanol–water partition coefficient (Wildman–Crippen LogP) is 2.79. The molecule has 1 aromatic heterocycles. The topological polar surface area (TPSA) is 108 Å². The number of carbonyl (C=O) groups excluding carboxylic acids is 3. The van der Waals surface area contributed by atoms with Crippen molar-refractivity contribution in [3.63, 3.8) is 0 Å². The highest BCUT2D eigenvalue weighted by atomic mass is 35.5. The van der Waals surface area contributed by atoms with Gasteiger partial charge in [0, 0.05) is 10.6 Å². The average molecular weight is 405 g/mol. The van der Waals surface area contributed by atoms with Crippen molar-refractivity contribution >= 4 is 29.9 Å². The zero-order valence-electron chi connectivity index (χ0n) is 15.8. The molecule has 0 aliphatic carbocycles. The van der Waals surface area contributed by atoms with Crippen molar-refractivity contribution < 1.29 is 19.1 Å². The van der Waals surface area contributed by atoms with E-state index in [2.05, 4.69) is 5.10 Å². The summed E-state index contributed by atoms with van der Waals surface area (Å²) in [5.74, 6) is -0.702. The van der Waals surface area contributed by atoms with Crippen molar-refractivity contribution in [3.05, 3.63) is 40.5 Å². The maximum atomic E-state index is 12.5. The van der Waals surface area contributed by atoms with Crippen LogP contribution in [0.1, 0.15) is 42.9 Å². The lowest BCUT2D eigenvalue weighted by molar-refractivity contribution is -0.111. The fourth-order valence-corrected chi connectivity index (χ4v) is 3.30. The SMILES string of the molecule is CC(C)(C)OC(=O)N1Cc2c(C(N)=O)c(-c3cccc(Cl)c3)nn2C(C=O)C1. The normalized spacial score (nSPS) is 16.4. The second-order valence-electron chi connectivity index (χ2n) is 7.55. The molecular weight excluding hydrogens is 384 g/mol. The van der Waals surface area contributed by atoms with Crippen LogP contribution in [0, 0.1) is 0 Å². The van der Waals surface area contributed by atoms with Crippen LogP contribution in [0.15, 0.2) is 24.3 Å². The minimum atomic E-state index is -0.762. The van der Waals surface area contributed by atoms with Gasteiger partial charge in [0.15, 0.2) is 0 Å². The highest BCUT2D eigenvalue weighted by Crippen LogP contribution is 2.32. The second-order valence-corrected chi connectivity index (χ2v) is 7.99. The van der Waals surface area contributed by atoms with Gasteiger partial charge >= 0.3 is 6.09 Å². The molecule has 0 radical (unpaired) electrons. The lowest BCUT2D eigenvalue weighted by Gasteiger charge is -2.33. The summed E-state index contributed by atoms with van der Waals surface area (Å²) in [6.45, 7) is 5.39. The zero-order valence-corrected chi connectivity index (χ0v) is 16.6. The molecule has 28 heavy (non-hydrogen) atoms. The van der Waals surface area contributed by atoms with Crippen molar-refractivity contribution in [2.45, 2.75) is 39.0 Å². The zero-order chi connectivity index (χ0) is 20.6. The van der Waals surface area contributed by atoms with E-state index in [4.69, 9.17) is 22.1 Å². The first kappa shape index (κ1) is 19.9. The van der Waals surface area contributed by atoms with Crippen molar-refractivity contribution in [1.29, 1.82) is 0 Å². The number of carbonyl (C=O) groups is 3. The molecule has 1 aromatic carbocycles. The number of hydrogen-bond donors (Lipinski definition) is 1. The highest BCUT2D eigenvalue weighted by Gasteiger charge is 2.36. The molecule has 2 aromatic rings. The molecule has 0 bridgehead atoms. The number of benzene rings is 1. The standard InChI is InChI=1S/C19H21ClN4O4/c1-19(2,3)28-18(27)23-8-13(10-25)24-14(9-23)15(17(21)26)16(22-24)11-5-4-6-12(20)7-11/h4-7,10,13H,8-9H2,1-3H3,(H2,21,26). The van der Waals surface area contributed by atoms with Gasteiger partial charge in [0.2, 0.25) is 0 Å². The minimum absolute atomic E-state index is 0.0467. The van der Waals surface area contributed by atoms with Crippen molar-refractivity contribution in [1.82, 2.24) is 14.7 Å². The molecule has 2 heterocycles. The van der Waals surface area contributed by atoms with Gasteiger partial charge in [0.05, 0.1) is 24.3 Å². The smallest absolute Gasteiger partial charge is 0.410 e. The molecule has 2 amide bonds. The van der Waals surface area contributed by atoms with Gasteiger partial charge in [-0.05, 0) is 32.9 Å².